The first kappa shape index (κ1) is 16.3. The number of hydrogen-bond acceptors (Lipinski definition) is 4. The third-order valence-corrected chi connectivity index (χ3v) is 5.49. The average Bonchev–Trinajstić information content (AvgIpc) is 3.18. The highest BCUT2D eigenvalue weighted by atomic mass is 32.2. The fraction of sp³-hybridized carbons (Fsp3) is 0.857. The maximum atomic E-state index is 12.8. The van der Waals surface area contributed by atoms with E-state index in [1.165, 1.54) is 6.26 Å². The molecule has 1 saturated heterocycles. The molecule has 2 aliphatic rings. The lowest BCUT2D eigenvalue weighted by atomic mass is 9.89. The average molecular weight is 316 g/mol. The van der Waals surface area contributed by atoms with Gasteiger partial charge >= 0.3 is 0 Å². The summed E-state index contributed by atoms with van der Waals surface area (Å²) in [6.07, 6.45) is 4.00. The molecule has 0 spiro atoms. The van der Waals surface area contributed by atoms with Crippen molar-refractivity contribution in [1.82, 2.24) is 10.2 Å². The molecule has 0 aromatic carbocycles. The van der Waals surface area contributed by atoms with Crippen LogP contribution < -0.4 is 5.32 Å². The Morgan fingerprint density at radius 3 is 2.43 bits per heavy atom. The molecule has 2 atom stereocenters. The maximum Gasteiger partial charge on any atom is 0.249 e. The minimum atomic E-state index is -3.05. The van der Waals surface area contributed by atoms with E-state index < -0.39 is 21.4 Å². The van der Waals surface area contributed by atoms with Crippen LogP contribution in [0.3, 0.4) is 0 Å². The van der Waals surface area contributed by atoms with Gasteiger partial charge in [-0.15, -0.1) is 0 Å². The summed E-state index contributed by atoms with van der Waals surface area (Å²) < 4.78 is 22.5. The van der Waals surface area contributed by atoms with Crippen molar-refractivity contribution in [2.24, 2.45) is 5.92 Å². The number of hydrogen-bond donors (Lipinski definition) is 1. The van der Waals surface area contributed by atoms with Crippen molar-refractivity contribution < 1.29 is 18.0 Å². The van der Waals surface area contributed by atoms with Crippen LogP contribution >= 0.6 is 0 Å². The number of amides is 2. The summed E-state index contributed by atoms with van der Waals surface area (Å²) in [6, 6.07) is -0.483. The predicted octanol–water partition coefficient (Wildman–Crippen LogP) is 0.327. The van der Waals surface area contributed by atoms with Crippen molar-refractivity contribution in [1.29, 1.82) is 0 Å². The number of carbonyl (C=O) groups excluding carboxylic acids is 2. The highest BCUT2D eigenvalue weighted by Crippen LogP contribution is 2.42. The molecule has 1 aliphatic carbocycles. The summed E-state index contributed by atoms with van der Waals surface area (Å²) in [5.74, 6) is 0.0644. The second kappa shape index (κ2) is 5.59. The first-order valence-electron chi connectivity index (χ1n) is 7.50. The van der Waals surface area contributed by atoms with Gasteiger partial charge in [0.05, 0.1) is 5.75 Å². The smallest absolute Gasteiger partial charge is 0.249 e. The summed E-state index contributed by atoms with van der Waals surface area (Å²) in [6.45, 7) is 3.97. The normalized spacial score (nSPS) is 30.4. The first-order valence-corrected chi connectivity index (χ1v) is 9.56. The molecule has 2 fully saturated rings. The molecule has 21 heavy (non-hydrogen) atoms. The summed E-state index contributed by atoms with van der Waals surface area (Å²) >= 11 is 0. The fourth-order valence-electron chi connectivity index (χ4n) is 3.07. The van der Waals surface area contributed by atoms with Crippen LogP contribution in [0.25, 0.3) is 0 Å². The number of piperazine rings is 1. The lowest BCUT2D eigenvalue weighted by Crippen LogP contribution is -2.70. The van der Waals surface area contributed by atoms with Gasteiger partial charge in [0.1, 0.15) is 21.4 Å². The predicted molar refractivity (Wildman–Crippen MR) is 79.4 cm³/mol. The molecule has 1 aliphatic heterocycles. The van der Waals surface area contributed by atoms with E-state index in [2.05, 4.69) is 5.32 Å². The molecule has 120 valence electrons. The first-order chi connectivity index (χ1) is 9.69. The van der Waals surface area contributed by atoms with Crippen LogP contribution in [0.2, 0.25) is 0 Å². The van der Waals surface area contributed by atoms with Crippen LogP contribution in [-0.4, -0.2) is 55.3 Å². The van der Waals surface area contributed by atoms with Crippen LogP contribution in [-0.2, 0) is 19.4 Å². The van der Waals surface area contributed by atoms with Gasteiger partial charge in [0, 0.05) is 12.8 Å². The van der Waals surface area contributed by atoms with Gasteiger partial charge in [-0.25, -0.2) is 8.42 Å². The van der Waals surface area contributed by atoms with E-state index >= 15 is 0 Å². The van der Waals surface area contributed by atoms with Crippen molar-refractivity contribution in [3.8, 4) is 0 Å². The molecule has 2 amide bonds. The Morgan fingerprint density at radius 2 is 1.95 bits per heavy atom. The van der Waals surface area contributed by atoms with Crippen LogP contribution in [0, 0.1) is 5.92 Å². The number of nitrogens with one attached hydrogen (secondary N) is 1. The van der Waals surface area contributed by atoms with Crippen molar-refractivity contribution in [3.05, 3.63) is 0 Å². The summed E-state index contributed by atoms with van der Waals surface area (Å²) in [5.41, 5.74) is -0.812. The monoisotopic (exact) mass is 316 g/mol. The molecule has 7 heteroatoms. The quantitative estimate of drug-likeness (QED) is 0.765. The van der Waals surface area contributed by atoms with Gasteiger partial charge in [-0.1, -0.05) is 6.92 Å². The fourth-order valence-corrected chi connectivity index (χ4v) is 3.73. The van der Waals surface area contributed by atoms with Crippen LogP contribution in [0.4, 0.5) is 0 Å². The number of sulfone groups is 1. The van der Waals surface area contributed by atoms with E-state index in [1.54, 1.807) is 11.8 Å². The molecule has 0 radical (unpaired) electrons. The Balaban J connectivity index is 2.13. The van der Waals surface area contributed by atoms with Crippen molar-refractivity contribution in [3.63, 3.8) is 0 Å². The molecule has 2 rings (SSSR count). The Labute approximate surface area is 126 Å². The Kier molecular flexibility index (Phi) is 4.33. The Bertz CT molecular complexity index is 541. The van der Waals surface area contributed by atoms with Gasteiger partial charge in [-0.3, -0.25) is 9.59 Å². The van der Waals surface area contributed by atoms with Crippen LogP contribution in [0.15, 0.2) is 0 Å². The lowest BCUT2D eigenvalue weighted by molar-refractivity contribution is -0.155. The standard InChI is InChI=1S/C14H24N2O4S/c1-4-11-12(17)15-14(2,10-6-7-10)13(18)16(11)8-5-9-21(3,19)20/h10-11H,4-9H2,1-3H3,(H,15,17). The lowest BCUT2D eigenvalue weighted by Gasteiger charge is -2.44. The SMILES string of the molecule is CCC1C(=O)NC(C)(C2CC2)C(=O)N1CCCS(C)(=O)=O. The third kappa shape index (κ3) is 3.39. The largest absolute Gasteiger partial charge is 0.340 e. The number of nitrogens with zero attached hydrogens (tertiary/aromatic N) is 1. The molecule has 6 nitrogen and oxygen atoms in total. The summed E-state index contributed by atoms with van der Waals surface area (Å²) in [4.78, 5) is 26.6. The van der Waals surface area contributed by atoms with Crippen molar-refractivity contribution in [2.45, 2.75) is 51.1 Å². The second-order valence-corrected chi connectivity index (χ2v) is 8.63. The third-order valence-electron chi connectivity index (χ3n) is 4.46. The Morgan fingerprint density at radius 1 is 1.33 bits per heavy atom. The summed E-state index contributed by atoms with van der Waals surface area (Å²) in [7, 11) is -3.05. The van der Waals surface area contributed by atoms with E-state index in [0.717, 1.165) is 12.8 Å². The molecule has 1 saturated carbocycles. The second-order valence-electron chi connectivity index (χ2n) is 6.37. The number of carbonyl (C=O) groups is 2. The molecule has 1 heterocycles. The van der Waals surface area contributed by atoms with Gasteiger partial charge in [0.15, 0.2) is 0 Å². The maximum absolute atomic E-state index is 12.8. The summed E-state index contributed by atoms with van der Waals surface area (Å²) in [5, 5.41) is 2.89. The molecule has 0 aromatic rings. The minimum absolute atomic E-state index is 0.0367. The molecule has 1 N–H and O–H groups in total. The number of rotatable bonds is 6. The Hall–Kier alpha value is -1.11. The highest BCUT2D eigenvalue weighted by molar-refractivity contribution is 7.90. The van der Waals surface area contributed by atoms with Gasteiger partial charge in [0.25, 0.3) is 0 Å². The minimum Gasteiger partial charge on any atom is -0.340 e. The zero-order valence-corrected chi connectivity index (χ0v) is 13.7. The molecule has 2 unspecified atom stereocenters. The van der Waals surface area contributed by atoms with E-state index in [9.17, 15) is 18.0 Å². The molecular weight excluding hydrogens is 292 g/mol. The van der Waals surface area contributed by atoms with Gasteiger partial charge in [-0.05, 0) is 38.5 Å². The van der Waals surface area contributed by atoms with Gasteiger partial charge in [0.2, 0.25) is 11.8 Å². The van der Waals surface area contributed by atoms with Gasteiger partial charge in [-0.2, -0.15) is 0 Å². The van der Waals surface area contributed by atoms with Crippen molar-refractivity contribution in [2.75, 3.05) is 18.6 Å². The van der Waals surface area contributed by atoms with E-state index in [4.69, 9.17) is 0 Å². The topological polar surface area (TPSA) is 83.6 Å². The highest BCUT2D eigenvalue weighted by Gasteiger charge is 2.54. The molecule has 0 bridgehead atoms. The molecule has 0 aromatic heterocycles. The van der Waals surface area contributed by atoms with E-state index in [0.29, 0.717) is 19.4 Å². The van der Waals surface area contributed by atoms with E-state index in [1.807, 2.05) is 6.92 Å². The zero-order valence-electron chi connectivity index (χ0n) is 12.9. The van der Waals surface area contributed by atoms with E-state index in [-0.39, 0.29) is 23.5 Å². The van der Waals surface area contributed by atoms with Crippen LogP contribution in [0.1, 0.15) is 39.5 Å². The molecular formula is C14H24N2O4S. The zero-order chi connectivity index (χ0) is 15.8. The van der Waals surface area contributed by atoms with Crippen molar-refractivity contribution >= 4 is 21.7 Å². The van der Waals surface area contributed by atoms with Crippen LogP contribution in [0.5, 0.6) is 0 Å². The van der Waals surface area contributed by atoms with Gasteiger partial charge < -0.3 is 10.2 Å².